The van der Waals surface area contributed by atoms with Crippen LogP contribution in [-0.4, -0.2) is 52.0 Å². The van der Waals surface area contributed by atoms with E-state index < -0.39 is 15.9 Å². The third kappa shape index (κ3) is 4.30. The number of amides is 1. The number of hydrogen-bond acceptors (Lipinski definition) is 5. The van der Waals surface area contributed by atoms with Gasteiger partial charge in [-0.3, -0.25) is 4.79 Å². The fourth-order valence-electron chi connectivity index (χ4n) is 2.86. The summed E-state index contributed by atoms with van der Waals surface area (Å²) in [5.41, 5.74) is 1.46. The number of sulfonamides is 1. The van der Waals surface area contributed by atoms with E-state index >= 15 is 0 Å². The van der Waals surface area contributed by atoms with E-state index in [-0.39, 0.29) is 10.5 Å². The minimum Gasteiger partial charge on any atom is -0.495 e. The maximum absolute atomic E-state index is 12.8. The van der Waals surface area contributed by atoms with Crippen molar-refractivity contribution in [2.45, 2.75) is 11.8 Å². The summed E-state index contributed by atoms with van der Waals surface area (Å²) in [5.74, 6) is -0.0277. The van der Waals surface area contributed by atoms with E-state index in [0.29, 0.717) is 42.8 Å². The van der Waals surface area contributed by atoms with Gasteiger partial charge in [-0.15, -0.1) is 0 Å². The van der Waals surface area contributed by atoms with E-state index in [1.165, 1.54) is 23.5 Å². The zero-order chi connectivity index (χ0) is 20.3. The Kier molecular flexibility index (Phi) is 6.24. The Labute approximate surface area is 169 Å². The fourth-order valence-corrected chi connectivity index (χ4v) is 4.47. The van der Waals surface area contributed by atoms with E-state index in [1.807, 2.05) is 6.92 Å². The van der Waals surface area contributed by atoms with Crippen molar-refractivity contribution in [1.29, 1.82) is 0 Å². The summed E-state index contributed by atoms with van der Waals surface area (Å²) >= 11 is 6.09. The van der Waals surface area contributed by atoms with Gasteiger partial charge >= 0.3 is 0 Å². The van der Waals surface area contributed by atoms with Crippen LogP contribution < -0.4 is 10.1 Å². The Balaban J connectivity index is 1.86. The quantitative estimate of drug-likeness (QED) is 0.797. The van der Waals surface area contributed by atoms with Crippen molar-refractivity contribution in [3.63, 3.8) is 0 Å². The monoisotopic (exact) mass is 424 g/mol. The molecule has 1 amide bonds. The van der Waals surface area contributed by atoms with Gasteiger partial charge in [-0.1, -0.05) is 17.7 Å². The maximum Gasteiger partial charge on any atom is 0.255 e. The molecular formula is C19H21ClN2O5S. The number of anilines is 1. The molecule has 3 rings (SSSR count). The molecule has 1 heterocycles. The molecular weight excluding hydrogens is 404 g/mol. The van der Waals surface area contributed by atoms with Gasteiger partial charge in [0.05, 0.1) is 30.9 Å². The molecule has 1 saturated heterocycles. The highest BCUT2D eigenvalue weighted by atomic mass is 35.5. The molecule has 0 saturated carbocycles. The van der Waals surface area contributed by atoms with Crippen LogP contribution >= 0.6 is 11.6 Å². The van der Waals surface area contributed by atoms with Gasteiger partial charge in [0.25, 0.3) is 5.91 Å². The van der Waals surface area contributed by atoms with Crippen LogP contribution in [0.5, 0.6) is 5.75 Å². The fraction of sp³-hybridized carbons (Fsp3) is 0.316. The van der Waals surface area contributed by atoms with Crippen molar-refractivity contribution in [2.75, 3.05) is 38.7 Å². The minimum absolute atomic E-state index is 0.0706. The smallest absolute Gasteiger partial charge is 0.255 e. The summed E-state index contributed by atoms with van der Waals surface area (Å²) < 4.78 is 37.4. The van der Waals surface area contributed by atoms with Crippen LogP contribution in [-0.2, 0) is 14.8 Å². The first kappa shape index (κ1) is 20.6. The highest BCUT2D eigenvalue weighted by molar-refractivity contribution is 7.89. The number of nitrogens with zero attached hydrogens (tertiary/aromatic N) is 1. The Hall–Kier alpha value is -2.13. The van der Waals surface area contributed by atoms with Gasteiger partial charge in [-0.25, -0.2) is 8.42 Å². The predicted molar refractivity (Wildman–Crippen MR) is 107 cm³/mol. The van der Waals surface area contributed by atoms with E-state index in [2.05, 4.69) is 5.32 Å². The number of ether oxygens (including phenoxy) is 2. The van der Waals surface area contributed by atoms with Crippen LogP contribution in [0.25, 0.3) is 0 Å². The summed E-state index contributed by atoms with van der Waals surface area (Å²) in [7, 11) is -2.21. The summed E-state index contributed by atoms with van der Waals surface area (Å²) in [6.07, 6.45) is 0. The Morgan fingerprint density at radius 2 is 1.93 bits per heavy atom. The number of carbonyl (C=O) groups excluding carboxylic acids is 1. The highest BCUT2D eigenvalue weighted by Crippen LogP contribution is 2.31. The molecule has 0 aliphatic carbocycles. The summed E-state index contributed by atoms with van der Waals surface area (Å²) in [6, 6.07) is 9.28. The third-order valence-electron chi connectivity index (χ3n) is 4.43. The zero-order valence-corrected chi connectivity index (χ0v) is 17.1. The molecule has 1 aliphatic rings. The Morgan fingerprint density at radius 1 is 1.21 bits per heavy atom. The van der Waals surface area contributed by atoms with E-state index in [1.54, 1.807) is 24.3 Å². The summed E-state index contributed by atoms with van der Waals surface area (Å²) in [5, 5.41) is 3.27. The number of nitrogens with one attached hydrogen (secondary N) is 1. The zero-order valence-electron chi connectivity index (χ0n) is 15.6. The van der Waals surface area contributed by atoms with Gasteiger partial charge in [0.15, 0.2) is 0 Å². The highest BCUT2D eigenvalue weighted by Gasteiger charge is 2.27. The third-order valence-corrected chi connectivity index (χ3v) is 6.73. The average molecular weight is 425 g/mol. The number of halogens is 1. The first-order valence-corrected chi connectivity index (χ1v) is 10.5. The Bertz CT molecular complexity index is 988. The molecule has 7 nitrogen and oxygen atoms in total. The molecule has 150 valence electrons. The normalized spacial score (nSPS) is 15.2. The van der Waals surface area contributed by atoms with Crippen molar-refractivity contribution in [2.24, 2.45) is 0 Å². The van der Waals surface area contributed by atoms with Crippen LogP contribution in [0.2, 0.25) is 5.02 Å². The molecule has 0 aromatic heterocycles. The molecule has 1 fully saturated rings. The van der Waals surface area contributed by atoms with Crippen LogP contribution in [0, 0.1) is 6.92 Å². The van der Waals surface area contributed by atoms with Crippen molar-refractivity contribution in [1.82, 2.24) is 4.31 Å². The van der Waals surface area contributed by atoms with Gasteiger partial charge < -0.3 is 14.8 Å². The van der Waals surface area contributed by atoms with Gasteiger partial charge in [0.1, 0.15) is 5.75 Å². The molecule has 0 unspecified atom stereocenters. The van der Waals surface area contributed by atoms with Crippen LogP contribution in [0.15, 0.2) is 41.3 Å². The van der Waals surface area contributed by atoms with Crippen LogP contribution in [0.3, 0.4) is 0 Å². The molecule has 0 atom stereocenters. The first-order valence-electron chi connectivity index (χ1n) is 8.66. The second-order valence-electron chi connectivity index (χ2n) is 6.30. The van der Waals surface area contributed by atoms with Crippen molar-refractivity contribution in [3.05, 3.63) is 52.5 Å². The number of carbonyl (C=O) groups is 1. The average Bonchev–Trinajstić information content (AvgIpc) is 2.71. The molecule has 1 aliphatic heterocycles. The van der Waals surface area contributed by atoms with Gasteiger partial charge in [0, 0.05) is 29.7 Å². The number of morpholine rings is 1. The minimum atomic E-state index is -3.68. The number of hydrogen-bond donors (Lipinski definition) is 1. The topological polar surface area (TPSA) is 84.9 Å². The van der Waals surface area contributed by atoms with Gasteiger partial charge in [-0.2, -0.15) is 4.31 Å². The Morgan fingerprint density at radius 3 is 2.61 bits per heavy atom. The molecule has 0 radical (unpaired) electrons. The molecule has 0 bridgehead atoms. The molecule has 28 heavy (non-hydrogen) atoms. The van der Waals surface area contributed by atoms with Crippen molar-refractivity contribution < 1.29 is 22.7 Å². The lowest BCUT2D eigenvalue weighted by Crippen LogP contribution is -2.40. The molecule has 2 aromatic rings. The lowest BCUT2D eigenvalue weighted by Gasteiger charge is -2.26. The largest absolute Gasteiger partial charge is 0.495 e. The predicted octanol–water partition coefficient (Wildman–Crippen LogP) is 2.93. The lowest BCUT2D eigenvalue weighted by atomic mass is 10.1. The number of methoxy groups -OCH3 is 1. The van der Waals surface area contributed by atoms with Crippen molar-refractivity contribution >= 4 is 33.2 Å². The van der Waals surface area contributed by atoms with E-state index in [0.717, 1.165) is 5.56 Å². The number of rotatable bonds is 5. The molecule has 1 N–H and O–H groups in total. The first-order chi connectivity index (χ1) is 13.3. The second-order valence-corrected chi connectivity index (χ2v) is 8.65. The number of aryl methyl sites for hydroxylation is 1. The van der Waals surface area contributed by atoms with Gasteiger partial charge in [0.2, 0.25) is 10.0 Å². The van der Waals surface area contributed by atoms with E-state index in [9.17, 15) is 13.2 Å². The summed E-state index contributed by atoms with van der Waals surface area (Å²) in [6.45, 7) is 3.11. The SMILES string of the molecule is COc1cc(Cl)c(C)cc1NC(=O)c1cccc(S(=O)(=O)N2CCOCC2)c1. The second kappa shape index (κ2) is 8.48. The summed E-state index contributed by atoms with van der Waals surface area (Å²) in [4.78, 5) is 12.8. The maximum atomic E-state index is 12.8. The number of benzene rings is 2. The van der Waals surface area contributed by atoms with E-state index in [4.69, 9.17) is 21.1 Å². The van der Waals surface area contributed by atoms with Crippen molar-refractivity contribution in [3.8, 4) is 5.75 Å². The van der Waals surface area contributed by atoms with Crippen LogP contribution in [0.1, 0.15) is 15.9 Å². The van der Waals surface area contributed by atoms with Crippen LogP contribution in [0.4, 0.5) is 5.69 Å². The standard InChI is InChI=1S/C19H21ClN2O5S/c1-13-10-17(18(26-2)12-16(13)20)21-19(23)14-4-3-5-15(11-14)28(24,25)22-6-8-27-9-7-22/h3-5,10-12H,6-9H2,1-2H3,(H,21,23). The molecule has 2 aromatic carbocycles. The molecule has 9 heteroatoms. The lowest BCUT2D eigenvalue weighted by molar-refractivity contribution is 0.0730. The molecule has 0 spiro atoms. The van der Waals surface area contributed by atoms with Gasteiger partial charge in [-0.05, 0) is 36.8 Å².